The van der Waals surface area contributed by atoms with Crippen molar-refractivity contribution in [2.75, 3.05) is 12.3 Å². The number of aromatic nitrogens is 4. The number of ether oxygens (including phenoxy) is 1. The molecule has 0 amide bonds. The summed E-state index contributed by atoms with van der Waals surface area (Å²) in [5.74, 6) is -0.0440. The summed E-state index contributed by atoms with van der Waals surface area (Å²) in [5, 5.41) is 18.8. The average Bonchev–Trinajstić information content (AvgIpc) is 2.96. The normalized spacial score (nSPS) is 25.8. The molecule has 10 heteroatoms. The first-order chi connectivity index (χ1) is 9.93. The first-order valence-electron chi connectivity index (χ1n) is 6.35. The van der Waals surface area contributed by atoms with E-state index >= 15 is 0 Å². The molecule has 21 heavy (non-hydrogen) atoms. The summed E-state index contributed by atoms with van der Waals surface area (Å²) in [6.07, 6.45) is -2.40. The number of nitrogens with zero attached hydrogens (tertiary/aromatic N) is 3. The van der Waals surface area contributed by atoms with Gasteiger partial charge in [0.2, 0.25) is 5.95 Å². The van der Waals surface area contributed by atoms with E-state index < -0.39 is 29.7 Å². The van der Waals surface area contributed by atoms with Crippen molar-refractivity contribution >= 4 is 17.1 Å². The number of imidazole rings is 1. The first kappa shape index (κ1) is 13.8. The molecule has 10 nitrogen and oxygen atoms in total. The molecule has 0 aromatic carbocycles. The number of nitrogens with two attached hydrogens (primary N) is 1. The van der Waals surface area contributed by atoms with Crippen LogP contribution in [0.1, 0.15) is 12.6 Å². The van der Waals surface area contributed by atoms with E-state index in [9.17, 15) is 14.7 Å². The van der Waals surface area contributed by atoms with Crippen LogP contribution < -0.4 is 17.0 Å². The van der Waals surface area contributed by atoms with Gasteiger partial charge in [0, 0.05) is 13.5 Å². The van der Waals surface area contributed by atoms with E-state index in [2.05, 4.69) is 9.97 Å². The van der Waals surface area contributed by atoms with Crippen molar-refractivity contribution < 1.29 is 14.9 Å². The molecule has 1 aliphatic rings. The summed E-state index contributed by atoms with van der Waals surface area (Å²) >= 11 is 0. The number of hydrogen-bond donors (Lipinski definition) is 4. The molecule has 0 unspecified atom stereocenters. The third-order valence-corrected chi connectivity index (χ3v) is 3.66. The minimum absolute atomic E-state index is 0.0160. The molecule has 2 aromatic heterocycles. The van der Waals surface area contributed by atoms with Gasteiger partial charge in [0.1, 0.15) is 12.3 Å². The molecule has 1 fully saturated rings. The quantitative estimate of drug-likeness (QED) is 0.484. The zero-order valence-electron chi connectivity index (χ0n) is 11.2. The van der Waals surface area contributed by atoms with Gasteiger partial charge < -0.3 is 20.7 Å². The van der Waals surface area contributed by atoms with Gasteiger partial charge in [0.15, 0.2) is 11.2 Å². The average molecular weight is 297 g/mol. The van der Waals surface area contributed by atoms with Gasteiger partial charge in [0.25, 0.3) is 5.56 Å². The molecule has 0 aliphatic carbocycles. The smallest absolute Gasteiger partial charge is 0.329 e. The van der Waals surface area contributed by atoms with E-state index in [-0.39, 0.29) is 30.1 Å². The number of nitrogen functional groups attached to an aromatic ring is 1. The fraction of sp³-hybridized carbons (Fsp3) is 0.545. The predicted octanol–water partition coefficient (Wildman–Crippen LogP) is -2.35. The fourth-order valence-corrected chi connectivity index (χ4v) is 2.46. The van der Waals surface area contributed by atoms with Crippen LogP contribution in [0, 0.1) is 0 Å². The van der Waals surface area contributed by atoms with E-state index in [1.807, 2.05) is 0 Å². The summed E-state index contributed by atoms with van der Waals surface area (Å²) < 4.78 is 7.66. The summed E-state index contributed by atoms with van der Waals surface area (Å²) in [6, 6.07) is 0. The maximum absolute atomic E-state index is 12.1. The van der Waals surface area contributed by atoms with Crippen LogP contribution in [0.25, 0.3) is 11.2 Å². The van der Waals surface area contributed by atoms with Gasteiger partial charge in [-0.2, -0.15) is 4.98 Å². The van der Waals surface area contributed by atoms with Gasteiger partial charge >= 0.3 is 5.69 Å². The molecule has 5 N–H and O–H groups in total. The topological polar surface area (TPSA) is 148 Å². The van der Waals surface area contributed by atoms with Crippen LogP contribution in [0.2, 0.25) is 0 Å². The van der Waals surface area contributed by atoms with E-state index in [1.165, 1.54) is 7.05 Å². The van der Waals surface area contributed by atoms with Gasteiger partial charge in [-0.05, 0) is 0 Å². The van der Waals surface area contributed by atoms with Crippen molar-refractivity contribution in [3.05, 3.63) is 20.8 Å². The van der Waals surface area contributed by atoms with Gasteiger partial charge in [-0.1, -0.05) is 0 Å². The maximum Gasteiger partial charge on any atom is 0.329 e. The number of aliphatic hydroxyl groups is 2. The summed E-state index contributed by atoms with van der Waals surface area (Å²) in [6.45, 7) is -0.369. The maximum atomic E-state index is 12.1. The van der Waals surface area contributed by atoms with Gasteiger partial charge in [-0.3, -0.25) is 14.3 Å². The van der Waals surface area contributed by atoms with Crippen LogP contribution in [0.5, 0.6) is 0 Å². The lowest BCUT2D eigenvalue weighted by molar-refractivity contribution is -0.0441. The first-order valence-corrected chi connectivity index (χ1v) is 6.35. The molecule has 1 aliphatic heterocycles. The monoisotopic (exact) mass is 297 g/mol. The summed E-state index contributed by atoms with van der Waals surface area (Å²) in [4.78, 5) is 30.5. The number of hydrogen-bond acceptors (Lipinski definition) is 7. The Morgan fingerprint density at radius 1 is 1.52 bits per heavy atom. The molecule has 3 heterocycles. The van der Waals surface area contributed by atoms with Crippen molar-refractivity contribution in [3.8, 4) is 0 Å². The molecule has 2 aromatic rings. The second-order valence-electron chi connectivity index (χ2n) is 4.95. The van der Waals surface area contributed by atoms with E-state index in [4.69, 9.17) is 15.6 Å². The molecule has 0 spiro atoms. The minimum atomic E-state index is -0.902. The largest absolute Gasteiger partial charge is 0.394 e. The highest BCUT2D eigenvalue weighted by Gasteiger charge is 2.36. The molecule has 0 saturated carbocycles. The lowest BCUT2D eigenvalue weighted by Gasteiger charge is -2.13. The van der Waals surface area contributed by atoms with Gasteiger partial charge in [-0.25, -0.2) is 9.36 Å². The number of fused-ring (bicyclic) bond motifs is 1. The Kier molecular flexibility index (Phi) is 3.08. The van der Waals surface area contributed by atoms with E-state index in [0.29, 0.717) is 0 Å². The number of nitrogens with one attached hydrogen (secondary N) is 1. The lowest BCUT2D eigenvalue weighted by atomic mass is 10.2. The molecule has 114 valence electrons. The van der Waals surface area contributed by atoms with Crippen LogP contribution in [0.4, 0.5) is 5.95 Å². The zero-order chi connectivity index (χ0) is 15.3. The lowest BCUT2D eigenvalue weighted by Crippen LogP contribution is -2.25. The highest BCUT2D eigenvalue weighted by atomic mass is 16.5. The molecule has 3 atom stereocenters. The molecule has 3 rings (SSSR count). The van der Waals surface area contributed by atoms with E-state index in [1.54, 1.807) is 0 Å². The van der Waals surface area contributed by atoms with Crippen molar-refractivity contribution in [2.45, 2.75) is 24.9 Å². The fourth-order valence-electron chi connectivity index (χ4n) is 2.46. The van der Waals surface area contributed by atoms with Crippen molar-refractivity contribution in [2.24, 2.45) is 7.05 Å². The third-order valence-electron chi connectivity index (χ3n) is 3.66. The van der Waals surface area contributed by atoms with Crippen molar-refractivity contribution in [1.29, 1.82) is 0 Å². The number of aromatic amines is 1. The second-order valence-corrected chi connectivity index (χ2v) is 4.95. The number of anilines is 1. The van der Waals surface area contributed by atoms with Crippen LogP contribution in [-0.4, -0.2) is 48.1 Å². The van der Waals surface area contributed by atoms with Crippen LogP contribution in [-0.2, 0) is 11.8 Å². The summed E-state index contributed by atoms with van der Waals surface area (Å²) in [7, 11) is 1.44. The van der Waals surface area contributed by atoms with E-state index in [0.717, 1.165) is 9.13 Å². The van der Waals surface area contributed by atoms with Gasteiger partial charge in [-0.15, -0.1) is 0 Å². The van der Waals surface area contributed by atoms with Crippen LogP contribution in [0.3, 0.4) is 0 Å². The Bertz CT molecular complexity index is 806. The Morgan fingerprint density at radius 3 is 2.86 bits per heavy atom. The number of H-pyrrole nitrogens is 1. The molecule has 0 bridgehead atoms. The number of aliphatic hydroxyl groups excluding tert-OH is 2. The Morgan fingerprint density at radius 2 is 2.24 bits per heavy atom. The highest BCUT2D eigenvalue weighted by molar-refractivity contribution is 5.70. The number of rotatable bonds is 2. The summed E-state index contributed by atoms with van der Waals surface area (Å²) in [5.41, 5.74) is 4.65. The molecular formula is C11H15N5O5. The van der Waals surface area contributed by atoms with Crippen molar-refractivity contribution in [1.82, 2.24) is 19.1 Å². The highest BCUT2D eigenvalue weighted by Crippen LogP contribution is 2.28. The second kappa shape index (κ2) is 4.69. The van der Waals surface area contributed by atoms with Crippen LogP contribution in [0.15, 0.2) is 9.59 Å². The predicted molar refractivity (Wildman–Crippen MR) is 71.6 cm³/mol. The van der Waals surface area contributed by atoms with Gasteiger partial charge in [0.05, 0.1) is 12.7 Å². The standard InChI is InChI=1S/C11H15N5O5/c1-15-9(19)7-8(14-10(15)12)16(11(20)13-7)6-2-4(18)5(3-17)21-6/h4-6,17-18H,2-3H2,1H3,(H2,12,14)(H,13,20)/t4-,5+,6+/m0/s1. The Hall–Kier alpha value is -2.17. The minimum Gasteiger partial charge on any atom is -0.394 e. The molecular weight excluding hydrogens is 282 g/mol. The molecule has 1 saturated heterocycles. The molecule has 0 radical (unpaired) electrons. The van der Waals surface area contributed by atoms with Crippen LogP contribution >= 0.6 is 0 Å². The Balaban J connectivity index is 2.18. The zero-order valence-corrected chi connectivity index (χ0v) is 11.2. The third kappa shape index (κ3) is 1.95. The Labute approximate surface area is 117 Å². The SMILES string of the molecule is Cn1c(N)nc2c([nH]c(=O)n2[C@H]2C[C@H](O)[C@@H](CO)O2)c1=O. The van der Waals surface area contributed by atoms with Crippen molar-refractivity contribution in [3.63, 3.8) is 0 Å².